The predicted octanol–water partition coefficient (Wildman–Crippen LogP) is 2.96. The van der Waals surface area contributed by atoms with E-state index in [1.807, 2.05) is 33.8 Å². The Hall–Kier alpha value is -2.37. The first-order valence-electron chi connectivity index (χ1n) is 6.31. The van der Waals surface area contributed by atoms with E-state index in [1.165, 1.54) is 0 Å². The second-order valence-electron chi connectivity index (χ2n) is 5.66. The number of amides is 1. The number of nitrogens with one attached hydrogen (secondary N) is 1. The monoisotopic (exact) mass is 274 g/mol. The number of hydrogen-bond donors (Lipinski definition) is 2. The van der Waals surface area contributed by atoms with Crippen molar-refractivity contribution in [3.8, 4) is 5.69 Å². The number of anilines is 1. The van der Waals surface area contributed by atoms with Crippen molar-refractivity contribution in [1.82, 2.24) is 14.8 Å². The van der Waals surface area contributed by atoms with Crippen LogP contribution in [0, 0.1) is 6.92 Å². The van der Waals surface area contributed by atoms with Crippen LogP contribution in [0.2, 0.25) is 0 Å². The van der Waals surface area contributed by atoms with Crippen molar-refractivity contribution in [2.24, 2.45) is 0 Å². The summed E-state index contributed by atoms with van der Waals surface area (Å²) in [6.07, 6.45) is 0.561. The predicted molar refractivity (Wildman–Crippen MR) is 76.4 cm³/mol. The fourth-order valence-electron chi connectivity index (χ4n) is 1.81. The van der Waals surface area contributed by atoms with Crippen LogP contribution in [0.5, 0.6) is 0 Å². The molecule has 0 atom stereocenters. The molecule has 0 saturated heterocycles. The van der Waals surface area contributed by atoms with E-state index in [9.17, 15) is 4.79 Å². The quantitative estimate of drug-likeness (QED) is 0.882. The van der Waals surface area contributed by atoms with E-state index >= 15 is 0 Å². The maximum atomic E-state index is 10.9. The summed E-state index contributed by atoms with van der Waals surface area (Å²) in [5.41, 5.74) is 2.27. The number of aromatic nitrogens is 3. The normalized spacial score (nSPS) is 11.4. The number of pyridine rings is 1. The van der Waals surface area contributed by atoms with Crippen LogP contribution < -0.4 is 5.32 Å². The van der Waals surface area contributed by atoms with Crippen LogP contribution >= 0.6 is 0 Å². The van der Waals surface area contributed by atoms with E-state index < -0.39 is 6.09 Å². The third-order valence-corrected chi connectivity index (χ3v) is 2.84. The third-order valence-electron chi connectivity index (χ3n) is 2.84. The van der Waals surface area contributed by atoms with E-state index in [-0.39, 0.29) is 5.41 Å². The Balaban J connectivity index is 2.55. The first kappa shape index (κ1) is 14.0. The van der Waals surface area contributed by atoms with Crippen LogP contribution in [0.4, 0.5) is 10.6 Å². The molecule has 6 heteroatoms. The van der Waals surface area contributed by atoms with Gasteiger partial charge in [-0.15, -0.1) is 0 Å². The zero-order valence-electron chi connectivity index (χ0n) is 12.0. The van der Waals surface area contributed by atoms with Crippen LogP contribution in [0.15, 0.2) is 24.4 Å². The number of hydrogen-bond acceptors (Lipinski definition) is 3. The van der Waals surface area contributed by atoms with Gasteiger partial charge in [0.15, 0.2) is 0 Å². The van der Waals surface area contributed by atoms with Crippen molar-refractivity contribution < 1.29 is 9.90 Å². The van der Waals surface area contributed by atoms with Crippen LogP contribution in [0.25, 0.3) is 5.69 Å². The second kappa shape index (κ2) is 4.96. The summed E-state index contributed by atoms with van der Waals surface area (Å²) in [6, 6.07) is 5.40. The first-order valence-corrected chi connectivity index (χ1v) is 6.31. The SMILES string of the molecule is Cc1cc(-n2nc(C(C)(C)C)cc2NC(=O)O)ccn1. The Kier molecular flexibility index (Phi) is 3.48. The molecule has 0 aromatic carbocycles. The van der Waals surface area contributed by atoms with Gasteiger partial charge < -0.3 is 5.11 Å². The Morgan fingerprint density at radius 3 is 2.60 bits per heavy atom. The lowest BCUT2D eigenvalue weighted by molar-refractivity contribution is 0.209. The van der Waals surface area contributed by atoms with E-state index in [4.69, 9.17) is 5.11 Å². The largest absolute Gasteiger partial charge is 0.465 e. The van der Waals surface area contributed by atoms with Crippen molar-refractivity contribution in [3.05, 3.63) is 35.8 Å². The second-order valence-corrected chi connectivity index (χ2v) is 5.66. The lowest BCUT2D eigenvalue weighted by Gasteiger charge is -2.14. The average molecular weight is 274 g/mol. The van der Waals surface area contributed by atoms with Crippen LogP contribution in [-0.2, 0) is 5.41 Å². The molecule has 1 amide bonds. The van der Waals surface area contributed by atoms with E-state index in [0.717, 1.165) is 17.1 Å². The molecule has 2 aromatic heterocycles. The molecular weight excluding hydrogens is 256 g/mol. The number of carboxylic acid groups (broad SMARTS) is 1. The lowest BCUT2D eigenvalue weighted by atomic mass is 9.92. The van der Waals surface area contributed by atoms with Gasteiger partial charge in [0.1, 0.15) is 5.82 Å². The van der Waals surface area contributed by atoms with Crippen LogP contribution in [0.3, 0.4) is 0 Å². The lowest BCUT2D eigenvalue weighted by Crippen LogP contribution is -2.13. The highest BCUT2D eigenvalue weighted by Crippen LogP contribution is 2.26. The van der Waals surface area contributed by atoms with Gasteiger partial charge in [-0.1, -0.05) is 20.8 Å². The van der Waals surface area contributed by atoms with Gasteiger partial charge >= 0.3 is 6.09 Å². The van der Waals surface area contributed by atoms with Crippen molar-refractivity contribution >= 4 is 11.9 Å². The van der Waals surface area contributed by atoms with Gasteiger partial charge in [0.2, 0.25) is 0 Å². The molecule has 0 bridgehead atoms. The Bertz CT molecular complexity index is 641. The summed E-state index contributed by atoms with van der Waals surface area (Å²) in [5.74, 6) is 0.424. The number of rotatable bonds is 2. The molecule has 0 fully saturated rings. The summed E-state index contributed by atoms with van der Waals surface area (Å²) >= 11 is 0. The minimum atomic E-state index is -1.11. The summed E-state index contributed by atoms with van der Waals surface area (Å²) < 4.78 is 1.59. The highest BCUT2D eigenvalue weighted by molar-refractivity contribution is 5.82. The molecule has 0 aliphatic heterocycles. The van der Waals surface area contributed by atoms with Gasteiger partial charge in [0.25, 0.3) is 0 Å². The molecule has 2 N–H and O–H groups in total. The number of carbonyl (C=O) groups is 1. The molecule has 0 spiro atoms. The Morgan fingerprint density at radius 1 is 1.35 bits per heavy atom. The molecule has 0 aliphatic carbocycles. The first-order chi connectivity index (χ1) is 9.27. The molecule has 6 nitrogen and oxygen atoms in total. The molecule has 2 aromatic rings. The standard InChI is InChI=1S/C14H18N4O2/c1-9-7-10(5-6-15-9)18-12(16-13(19)20)8-11(17-18)14(2,3)4/h5-8,16H,1-4H3,(H,19,20). The summed E-state index contributed by atoms with van der Waals surface area (Å²) in [5, 5.41) is 15.8. The fraction of sp³-hybridized carbons (Fsp3) is 0.357. The van der Waals surface area contributed by atoms with Crippen molar-refractivity contribution in [1.29, 1.82) is 0 Å². The fourth-order valence-corrected chi connectivity index (χ4v) is 1.81. The molecule has 2 rings (SSSR count). The highest BCUT2D eigenvalue weighted by atomic mass is 16.4. The highest BCUT2D eigenvalue weighted by Gasteiger charge is 2.21. The molecule has 0 aliphatic rings. The zero-order chi connectivity index (χ0) is 14.9. The molecular formula is C14H18N4O2. The van der Waals surface area contributed by atoms with Crippen LogP contribution in [-0.4, -0.2) is 26.0 Å². The van der Waals surface area contributed by atoms with Crippen molar-refractivity contribution in [2.45, 2.75) is 33.1 Å². The molecule has 2 heterocycles. The topological polar surface area (TPSA) is 80.0 Å². The number of aryl methyl sites for hydroxylation is 1. The minimum Gasteiger partial charge on any atom is -0.465 e. The molecule has 20 heavy (non-hydrogen) atoms. The van der Waals surface area contributed by atoms with Gasteiger partial charge in [0, 0.05) is 23.4 Å². The van der Waals surface area contributed by atoms with Crippen molar-refractivity contribution in [3.63, 3.8) is 0 Å². The molecule has 0 radical (unpaired) electrons. The van der Waals surface area contributed by atoms with Gasteiger partial charge in [0.05, 0.1) is 11.4 Å². The summed E-state index contributed by atoms with van der Waals surface area (Å²) in [4.78, 5) is 15.0. The van der Waals surface area contributed by atoms with Gasteiger partial charge in [-0.2, -0.15) is 5.10 Å². The van der Waals surface area contributed by atoms with Gasteiger partial charge in [-0.05, 0) is 19.1 Å². The average Bonchev–Trinajstić information content (AvgIpc) is 2.71. The minimum absolute atomic E-state index is 0.164. The molecule has 0 unspecified atom stereocenters. The maximum absolute atomic E-state index is 10.9. The van der Waals surface area contributed by atoms with E-state index in [1.54, 1.807) is 23.0 Å². The van der Waals surface area contributed by atoms with E-state index in [0.29, 0.717) is 5.82 Å². The molecule has 0 saturated carbocycles. The van der Waals surface area contributed by atoms with Gasteiger partial charge in [-0.25, -0.2) is 9.48 Å². The Labute approximate surface area is 117 Å². The Morgan fingerprint density at radius 2 is 2.05 bits per heavy atom. The number of nitrogens with zero attached hydrogens (tertiary/aromatic N) is 3. The summed E-state index contributed by atoms with van der Waals surface area (Å²) in [6.45, 7) is 7.97. The van der Waals surface area contributed by atoms with Gasteiger partial charge in [-0.3, -0.25) is 10.3 Å². The van der Waals surface area contributed by atoms with Crippen molar-refractivity contribution in [2.75, 3.05) is 5.32 Å². The molecule has 106 valence electrons. The van der Waals surface area contributed by atoms with Crippen LogP contribution in [0.1, 0.15) is 32.2 Å². The summed E-state index contributed by atoms with van der Waals surface area (Å²) in [7, 11) is 0. The third kappa shape index (κ3) is 2.96. The zero-order valence-corrected chi connectivity index (χ0v) is 12.0. The smallest absolute Gasteiger partial charge is 0.410 e. The maximum Gasteiger partial charge on any atom is 0.410 e. The van der Waals surface area contributed by atoms with E-state index in [2.05, 4.69) is 15.4 Å².